The molecule has 3 aromatic rings. The van der Waals surface area contributed by atoms with E-state index in [1.165, 1.54) is 24.3 Å². The largest absolute Gasteiger partial charge is 0.483 e. The summed E-state index contributed by atoms with van der Waals surface area (Å²) in [5, 5.41) is 15.0. The topological polar surface area (TPSA) is 91.2 Å². The van der Waals surface area contributed by atoms with E-state index in [1.54, 1.807) is 54.6 Å². The number of carbonyl (C=O) groups is 2. The molecule has 0 aliphatic heterocycles. The van der Waals surface area contributed by atoms with Crippen LogP contribution in [0.1, 0.15) is 5.56 Å². The standard InChI is InChI=1S/C24H17ClFN3O3/c25-18-9-11-19(12-10-18)28-24(31)17(14-27)13-16-5-1-4-8-22(16)32-15-23(30)29-21-7-3-2-6-20(21)26/h1-13H,15H2,(H,28,31)(H,29,30)/b17-13-. The molecule has 0 fully saturated rings. The van der Waals surface area contributed by atoms with E-state index < -0.39 is 24.2 Å². The molecule has 0 unspecified atom stereocenters. The lowest BCUT2D eigenvalue weighted by atomic mass is 10.1. The zero-order chi connectivity index (χ0) is 22.9. The van der Waals surface area contributed by atoms with Crippen LogP contribution in [0.25, 0.3) is 6.08 Å². The van der Waals surface area contributed by atoms with E-state index in [0.29, 0.717) is 16.3 Å². The molecule has 3 rings (SSSR count). The highest BCUT2D eigenvalue weighted by Crippen LogP contribution is 2.22. The first-order valence-corrected chi connectivity index (χ1v) is 9.79. The predicted molar refractivity (Wildman–Crippen MR) is 121 cm³/mol. The SMILES string of the molecule is N#C/C(=C/c1ccccc1OCC(=O)Nc1ccccc1F)C(=O)Nc1ccc(Cl)cc1. The number of nitriles is 1. The maximum atomic E-state index is 13.7. The molecule has 0 atom stereocenters. The van der Waals surface area contributed by atoms with E-state index in [9.17, 15) is 19.2 Å². The molecule has 0 radical (unpaired) electrons. The van der Waals surface area contributed by atoms with Gasteiger partial charge in [0.1, 0.15) is 23.2 Å². The molecule has 2 amide bonds. The monoisotopic (exact) mass is 449 g/mol. The maximum absolute atomic E-state index is 13.7. The Balaban J connectivity index is 1.70. The Bertz CT molecular complexity index is 1200. The zero-order valence-corrected chi connectivity index (χ0v) is 17.4. The minimum absolute atomic E-state index is 0.0416. The Kier molecular flexibility index (Phi) is 7.57. The summed E-state index contributed by atoms with van der Waals surface area (Å²) in [5.74, 6) is -1.45. The van der Waals surface area contributed by atoms with Crippen LogP contribution in [0, 0.1) is 17.1 Å². The number of anilines is 2. The van der Waals surface area contributed by atoms with Crippen LogP contribution in [0.3, 0.4) is 0 Å². The number of nitrogens with one attached hydrogen (secondary N) is 2. The van der Waals surface area contributed by atoms with Gasteiger partial charge in [0.05, 0.1) is 5.69 Å². The number of carbonyl (C=O) groups excluding carboxylic acids is 2. The minimum atomic E-state index is -0.609. The summed E-state index contributed by atoms with van der Waals surface area (Å²) in [6, 6.07) is 20.7. The molecule has 0 saturated heterocycles. The average molecular weight is 450 g/mol. The maximum Gasteiger partial charge on any atom is 0.266 e. The first-order chi connectivity index (χ1) is 15.5. The molecule has 0 aliphatic carbocycles. The lowest BCUT2D eigenvalue weighted by Crippen LogP contribution is -2.21. The predicted octanol–water partition coefficient (Wildman–Crippen LogP) is 5.04. The summed E-state index contributed by atoms with van der Waals surface area (Å²) in [5.41, 5.74) is 0.788. The molecular formula is C24H17ClFN3O3. The molecule has 0 bridgehead atoms. The molecule has 32 heavy (non-hydrogen) atoms. The molecular weight excluding hydrogens is 433 g/mol. The second-order valence-electron chi connectivity index (χ2n) is 6.49. The first kappa shape index (κ1) is 22.5. The molecule has 8 heteroatoms. The number of hydrogen-bond acceptors (Lipinski definition) is 4. The number of rotatable bonds is 7. The summed E-state index contributed by atoms with van der Waals surface area (Å²) in [6.45, 7) is -0.391. The van der Waals surface area contributed by atoms with Crippen molar-refractivity contribution in [3.63, 3.8) is 0 Å². The van der Waals surface area contributed by atoms with Gasteiger partial charge in [-0.2, -0.15) is 5.26 Å². The lowest BCUT2D eigenvalue weighted by molar-refractivity contribution is -0.118. The smallest absolute Gasteiger partial charge is 0.266 e. The van der Waals surface area contributed by atoms with Crippen molar-refractivity contribution >= 4 is 40.9 Å². The van der Waals surface area contributed by atoms with E-state index in [1.807, 2.05) is 6.07 Å². The molecule has 2 N–H and O–H groups in total. The highest BCUT2D eigenvalue weighted by Gasteiger charge is 2.13. The van der Waals surface area contributed by atoms with Crippen molar-refractivity contribution in [2.45, 2.75) is 0 Å². The van der Waals surface area contributed by atoms with Crippen molar-refractivity contribution in [1.82, 2.24) is 0 Å². The van der Waals surface area contributed by atoms with Gasteiger partial charge in [-0.3, -0.25) is 9.59 Å². The number of amides is 2. The fraction of sp³-hybridized carbons (Fsp3) is 0.0417. The summed E-state index contributed by atoms with van der Waals surface area (Å²) >= 11 is 5.83. The van der Waals surface area contributed by atoms with E-state index in [0.717, 1.165) is 0 Å². The van der Waals surface area contributed by atoms with Gasteiger partial charge in [-0.1, -0.05) is 41.9 Å². The number of para-hydroxylation sites is 2. The molecule has 0 heterocycles. The number of ether oxygens (including phenoxy) is 1. The van der Waals surface area contributed by atoms with Gasteiger partial charge in [-0.05, 0) is 48.5 Å². The fourth-order valence-corrected chi connectivity index (χ4v) is 2.79. The van der Waals surface area contributed by atoms with Crippen LogP contribution >= 0.6 is 11.6 Å². The Morgan fingerprint density at radius 1 is 1.00 bits per heavy atom. The number of benzene rings is 3. The lowest BCUT2D eigenvalue weighted by Gasteiger charge is -2.11. The quantitative estimate of drug-likeness (QED) is 0.390. The molecule has 0 aromatic heterocycles. The van der Waals surface area contributed by atoms with Gasteiger partial charge in [-0.25, -0.2) is 4.39 Å². The molecule has 0 saturated carbocycles. The summed E-state index contributed by atoms with van der Waals surface area (Å²) in [7, 11) is 0. The van der Waals surface area contributed by atoms with Crippen molar-refractivity contribution in [2.24, 2.45) is 0 Å². The van der Waals surface area contributed by atoms with Crippen molar-refractivity contribution in [1.29, 1.82) is 5.26 Å². The van der Waals surface area contributed by atoms with Gasteiger partial charge < -0.3 is 15.4 Å². The fourth-order valence-electron chi connectivity index (χ4n) is 2.66. The van der Waals surface area contributed by atoms with Gasteiger partial charge in [0.15, 0.2) is 6.61 Å². The van der Waals surface area contributed by atoms with Crippen molar-refractivity contribution in [2.75, 3.05) is 17.2 Å². The molecule has 160 valence electrons. The Hall–Kier alpha value is -4.15. The van der Waals surface area contributed by atoms with Crippen LogP contribution in [0.15, 0.2) is 78.4 Å². The Morgan fingerprint density at radius 2 is 1.69 bits per heavy atom. The summed E-state index contributed by atoms with van der Waals surface area (Å²) in [4.78, 5) is 24.6. The van der Waals surface area contributed by atoms with Crippen molar-refractivity contribution < 1.29 is 18.7 Å². The zero-order valence-electron chi connectivity index (χ0n) is 16.6. The van der Waals surface area contributed by atoms with Crippen molar-refractivity contribution in [3.05, 3.63) is 94.8 Å². The van der Waals surface area contributed by atoms with Gasteiger partial charge in [0, 0.05) is 16.3 Å². The number of halogens is 2. The number of nitrogens with zero attached hydrogens (tertiary/aromatic N) is 1. The summed E-state index contributed by atoms with van der Waals surface area (Å²) in [6.07, 6.45) is 1.36. The van der Waals surface area contributed by atoms with E-state index in [4.69, 9.17) is 16.3 Å². The van der Waals surface area contributed by atoms with Crippen LogP contribution in [-0.2, 0) is 9.59 Å². The average Bonchev–Trinajstić information content (AvgIpc) is 2.79. The third kappa shape index (κ3) is 6.17. The molecule has 0 aliphatic rings. The van der Waals surface area contributed by atoms with Crippen LogP contribution in [0.2, 0.25) is 5.02 Å². The number of hydrogen-bond donors (Lipinski definition) is 2. The van der Waals surface area contributed by atoms with Crippen LogP contribution < -0.4 is 15.4 Å². The van der Waals surface area contributed by atoms with Crippen LogP contribution in [-0.4, -0.2) is 18.4 Å². The van der Waals surface area contributed by atoms with Crippen LogP contribution in [0.5, 0.6) is 5.75 Å². The van der Waals surface area contributed by atoms with Crippen molar-refractivity contribution in [3.8, 4) is 11.8 Å². The van der Waals surface area contributed by atoms with E-state index in [-0.39, 0.29) is 17.0 Å². The molecule has 6 nitrogen and oxygen atoms in total. The van der Waals surface area contributed by atoms with E-state index in [2.05, 4.69) is 10.6 Å². The van der Waals surface area contributed by atoms with E-state index >= 15 is 0 Å². The third-order valence-corrected chi connectivity index (χ3v) is 4.44. The third-order valence-electron chi connectivity index (χ3n) is 4.19. The van der Waals surface area contributed by atoms with Crippen LogP contribution in [0.4, 0.5) is 15.8 Å². The first-order valence-electron chi connectivity index (χ1n) is 9.41. The van der Waals surface area contributed by atoms with Gasteiger partial charge in [0.2, 0.25) is 0 Å². The summed E-state index contributed by atoms with van der Waals surface area (Å²) < 4.78 is 19.2. The Morgan fingerprint density at radius 3 is 2.41 bits per heavy atom. The van der Waals surface area contributed by atoms with Gasteiger partial charge in [0.25, 0.3) is 11.8 Å². The minimum Gasteiger partial charge on any atom is -0.483 e. The van der Waals surface area contributed by atoms with Gasteiger partial charge in [-0.15, -0.1) is 0 Å². The molecule has 3 aromatic carbocycles. The highest BCUT2D eigenvalue weighted by molar-refractivity contribution is 6.30. The Labute approximate surface area is 188 Å². The highest BCUT2D eigenvalue weighted by atomic mass is 35.5. The normalized spacial score (nSPS) is 10.7. The molecule has 0 spiro atoms. The van der Waals surface area contributed by atoms with Gasteiger partial charge >= 0.3 is 0 Å². The second-order valence-corrected chi connectivity index (χ2v) is 6.92. The second kappa shape index (κ2) is 10.8.